The average Bonchev–Trinajstić information content (AvgIpc) is 3.07. The van der Waals surface area contributed by atoms with Crippen molar-refractivity contribution in [1.82, 2.24) is 19.7 Å². The number of halogens is 1. The summed E-state index contributed by atoms with van der Waals surface area (Å²) in [4.78, 5) is 10.6. The molecule has 0 amide bonds. The smallest absolute Gasteiger partial charge is 0.157 e. The molecular formula is C13H17ClN6. The average molecular weight is 293 g/mol. The molecule has 7 heteroatoms. The lowest BCUT2D eigenvalue weighted by Gasteiger charge is -2.20. The maximum absolute atomic E-state index is 6.11. The maximum atomic E-state index is 6.11. The molecule has 3 rings (SSSR count). The van der Waals surface area contributed by atoms with Gasteiger partial charge < -0.3 is 10.2 Å². The Morgan fingerprint density at radius 1 is 1.40 bits per heavy atom. The third-order valence-electron chi connectivity index (χ3n) is 3.72. The second-order valence-electron chi connectivity index (χ2n) is 4.99. The van der Waals surface area contributed by atoms with Crippen LogP contribution < -0.4 is 10.2 Å². The number of anilines is 2. The third kappa shape index (κ3) is 2.31. The summed E-state index contributed by atoms with van der Waals surface area (Å²) in [7, 11) is 3.78. The summed E-state index contributed by atoms with van der Waals surface area (Å²) < 4.78 is 1.85. The molecule has 0 saturated carbocycles. The van der Waals surface area contributed by atoms with Crippen molar-refractivity contribution in [3.8, 4) is 0 Å². The number of nitrogens with zero attached hydrogens (tertiary/aromatic N) is 5. The zero-order valence-electron chi connectivity index (χ0n) is 11.5. The Morgan fingerprint density at radius 3 is 2.95 bits per heavy atom. The van der Waals surface area contributed by atoms with E-state index in [2.05, 4.69) is 31.5 Å². The molecule has 106 valence electrons. The molecule has 2 aromatic rings. The third-order valence-corrected chi connectivity index (χ3v) is 4.00. The largest absolute Gasteiger partial charge is 0.383 e. The van der Waals surface area contributed by atoms with Crippen molar-refractivity contribution in [2.75, 3.05) is 30.4 Å². The molecule has 1 aliphatic rings. The molecule has 1 atom stereocenters. The number of hydrogen-bond donors (Lipinski definition) is 1. The molecule has 0 bridgehead atoms. The highest BCUT2D eigenvalue weighted by Crippen LogP contribution is 2.35. The van der Waals surface area contributed by atoms with Crippen LogP contribution in [0.25, 0.3) is 0 Å². The minimum absolute atomic E-state index is 0.460. The lowest BCUT2D eigenvalue weighted by molar-refractivity contribution is 0.754. The van der Waals surface area contributed by atoms with Gasteiger partial charge in [0, 0.05) is 39.3 Å². The number of aromatic nitrogens is 4. The number of rotatable bonds is 3. The Bertz CT molecular complexity index is 611. The standard InChI is InChI=1S/C13H17ClN6/c1-15-11-12(14)16-8-17-13(11)20-4-3-9(7-20)10-5-18-19(2)6-10/h5-6,8-9,15H,3-4,7H2,1-2H3. The zero-order chi connectivity index (χ0) is 14.1. The Labute approximate surface area is 122 Å². The van der Waals surface area contributed by atoms with E-state index in [1.54, 1.807) is 0 Å². The van der Waals surface area contributed by atoms with Crippen molar-refractivity contribution in [3.05, 3.63) is 29.4 Å². The summed E-state index contributed by atoms with van der Waals surface area (Å²) in [6, 6.07) is 0. The van der Waals surface area contributed by atoms with Crippen molar-refractivity contribution in [2.24, 2.45) is 7.05 Å². The monoisotopic (exact) mass is 292 g/mol. The van der Waals surface area contributed by atoms with Gasteiger partial charge in [0.2, 0.25) is 0 Å². The first-order valence-corrected chi connectivity index (χ1v) is 6.98. The van der Waals surface area contributed by atoms with Gasteiger partial charge in [-0.2, -0.15) is 5.10 Å². The van der Waals surface area contributed by atoms with Gasteiger partial charge in [-0.25, -0.2) is 9.97 Å². The fraction of sp³-hybridized carbons (Fsp3) is 0.462. The van der Waals surface area contributed by atoms with E-state index in [0.717, 1.165) is 31.0 Å². The van der Waals surface area contributed by atoms with Crippen LogP contribution in [0.15, 0.2) is 18.7 Å². The van der Waals surface area contributed by atoms with E-state index in [0.29, 0.717) is 11.1 Å². The first kappa shape index (κ1) is 13.2. The van der Waals surface area contributed by atoms with E-state index in [-0.39, 0.29) is 0 Å². The van der Waals surface area contributed by atoms with Gasteiger partial charge in [0.25, 0.3) is 0 Å². The second kappa shape index (κ2) is 5.28. The molecule has 6 nitrogen and oxygen atoms in total. The van der Waals surface area contributed by atoms with Crippen molar-refractivity contribution in [3.63, 3.8) is 0 Å². The van der Waals surface area contributed by atoms with Crippen molar-refractivity contribution in [1.29, 1.82) is 0 Å². The minimum Gasteiger partial charge on any atom is -0.383 e. The summed E-state index contributed by atoms with van der Waals surface area (Å²) >= 11 is 6.11. The molecule has 1 unspecified atom stereocenters. The van der Waals surface area contributed by atoms with E-state index < -0.39 is 0 Å². The molecular weight excluding hydrogens is 276 g/mol. The first-order chi connectivity index (χ1) is 9.69. The van der Waals surface area contributed by atoms with Gasteiger partial charge in [-0.1, -0.05) is 11.6 Å². The van der Waals surface area contributed by atoms with E-state index in [1.165, 1.54) is 11.9 Å². The second-order valence-corrected chi connectivity index (χ2v) is 5.35. The van der Waals surface area contributed by atoms with Gasteiger partial charge in [-0.15, -0.1) is 0 Å². The number of nitrogens with one attached hydrogen (secondary N) is 1. The number of aryl methyl sites for hydroxylation is 1. The fourth-order valence-electron chi connectivity index (χ4n) is 2.69. The van der Waals surface area contributed by atoms with Gasteiger partial charge in [0.15, 0.2) is 11.0 Å². The summed E-state index contributed by atoms with van der Waals surface area (Å²) in [5.74, 6) is 1.36. The van der Waals surface area contributed by atoms with Gasteiger partial charge in [-0.05, 0) is 12.0 Å². The van der Waals surface area contributed by atoms with Gasteiger partial charge in [0.1, 0.15) is 12.0 Å². The van der Waals surface area contributed by atoms with Crippen LogP contribution in [0.4, 0.5) is 11.5 Å². The van der Waals surface area contributed by atoms with Crippen LogP contribution in [-0.4, -0.2) is 39.9 Å². The summed E-state index contributed by atoms with van der Waals surface area (Å²) in [6.07, 6.45) is 6.63. The van der Waals surface area contributed by atoms with Gasteiger partial charge in [0.05, 0.1) is 6.20 Å². The summed E-state index contributed by atoms with van der Waals surface area (Å²) in [5, 5.41) is 7.79. The molecule has 1 N–H and O–H groups in total. The normalized spacial score (nSPS) is 18.6. The molecule has 0 radical (unpaired) electrons. The summed E-state index contributed by atoms with van der Waals surface area (Å²) in [5.41, 5.74) is 2.07. The van der Waals surface area contributed by atoms with E-state index in [1.807, 2.05) is 25.0 Å². The topological polar surface area (TPSA) is 58.9 Å². The van der Waals surface area contributed by atoms with Crippen molar-refractivity contribution < 1.29 is 0 Å². The van der Waals surface area contributed by atoms with Gasteiger partial charge >= 0.3 is 0 Å². The Hall–Kier alpha value is -1.82. The lowest BCUT2D eigenvalue weighted by atomic mass is 10.0. The predicted molar refractivity (Wildman–Crippen MR) is 79.4 cm³/mol. The lowest BCUT2D eigenvalue weighted by Crippen LogP contribution is -2.22. The Kier molecular flexibility index (Phi) is 3.48. The fourth-order valence-corrected chi connectivity index (χ4v) is 2.91. The Balaban J connectivity index is 1.82. The highest BCUT2D eigenvalue weighted by Gasteiger charge is 2.27. The molecule has 0 spiro atoms. The van der Waals surface area contributed by atoms with Crippen molar-refractivity contribution >= 4 is 23.1 Å². The SMILES string of the molecule is CNc1c(Cl)ncnc1N1CCC(c2cnn(C)c2)C1. The van der Waals surface area contributed by atoms with Crippen LogP contribution in [0.1, 0.15) is 17.9 Å². The molecule has 0 aliphatic carbocycles. The quantitative estimate of drug-likeness (QED) is 0.876. The molecule has 1 fully saturated rings. The van der Waals surface area contributed by atoms with Crippen LogP contribution in [0.5, 0.6) is 0 Å². The molecule has 1 aliphatic heterocycles. The predicted octanol–water partition coefficient (Wildman–Crippen LogP) is 1.90. The van der Waals surface area contributed by atoms with E-state index in [9.17, 15) is 0 Å². The first-order valence-electron chi connectivity index (χ1n) is 6.60. The maximum Gasteiger partial charge on any atom is 0.157 e. The van der Waals surface area contributed by atoms with E-state index >= 15 is 0 Å². The van der Waals surface area contributed by atoms with Crippen LogP contribution in [0.2, 0.25) is 5.15 Å². The molecule has 2 aromatic heterocycles. The zero-order valence-corrected chi connectivity index (χ0v) is 12.3. The van der Waals surface area contributed by atoms with Crippen LogP contribution in [-0.2, 0) is 7.05 Å². The van der Waals surface area contributed by atoms with Gasteiger partial charge in [-0.3, -0.25) is 4.68 Å². The molecule has 3 heterocycles. The van der Waals surface area contributed by atoms with E-state index in [4.69, 9.17) is 11.6 Å². The minimum atomic E-state index is 0.460. The van der Waals surface area contributed by atoms with Crippen LogP contribution in [0.3, 0.4) is 0 Å². The molecule has 1 saturated heterocycles. The highest BCUT2D eigenvalue weighted by atomic mass is 35.5. The van der Waals surface area contributed by atoms with Crippen LogP contribution in [0, 0.1) is 0 Å². The molecule has 20 heavy (non-hydrogen) atoms. The molecule has 0 aromatic carbocycles. The Morgan fingerprint density at radius 2 is 2.25 bits per heavy atom. The highest BCUT2D eigenvalue weighted by molar-refractivity contribution is 6.32. The summed E-state index contributed by atoms with van der Waals surface area (Å²) in [6.45, 7) is 1.88. The van der Waals surface area contributed by atoms with Crippen molar-refractivity contribution in [2.45, 2.75) is 12.3 Å². The van der Waals surface area contributed by atoms with Crippen LogP contribution >= 0.6 is 11.6 Å². The number of hydrogen-bond acceptors (Lipinski definition) is 5.